The molecule has 2 aromatic rings. The van der Waals surface area contributed by atoms with Gasteiger partial charge in [0.2, 0.25) is 0 Å². The van der Waals surface area contributed by atoms with E-state index in [4.69, 9.17) is 27.9 Å². The van der Waals surface area contributed by atoms with Crippen molar-refractivity contribution in [3.63, 3.8) is 0 Å². The molecule has 2 heterocycles. The monoisotopic (exact) mass is 343 g/mol. The summed E-state index contributed by atoms with van der Waals surface area (Å²) < 4.78 is 9.55. The first kappa shape index (κ1) is 14.6. The van der Waals surface area contributed by atoms with Crippen LogP contribution < -0.4 is 4.74 Å². The topological polar surface area (TPSA) is 55.3 Å². The van der Waals surface area contributed by atoms with Crippen molar-refractivity contribution < 1.29 is 9.53 Å². The van der Waals surface area contributed by atoms with Gasteiger partial charge in [-0.3, -0.25) is 4.79 Å². The molecule has 8 heteroatoms. The summed E-state index contributed by atoms with van der Waals surface area (Å²) in [5.41, 5.74) is 0. The van der Waals surface area contributed by atoms with Gasteiger partial charge in [0.15, 0.2) is 0 Å². The lowest BCUT2D eigenvalue weighted by atomic mass is 10.3. The molecular weight excluding hydrogens is 333 g/mol. The summed E-state index contributed by atoms with van der Waals surface area (Å²) in [5.74, 6) is 0.605. The predicted octanol–water partition coefficient (Wildman–Crippen LogP) is 3.14. The molecule has 1 aliphatic rings. The predicted molar refractivity (Wildman–Crippen MR) is 81.3 cm³/mol. The summed E-state index contributed by atoms with van der Waals surface area (Å²) in [6.07, 6.45) is 2.21. The number of ether oxygens (including phenoxy) is 1. The molecule has 3 rings (SSSR count). The standard InChI is InChI=1S/C13H11Cl2N3O2S/c14-10-2-1-8(5-11(10)15)20-9-3-4-18(7-9)13(19)12-6-16-17-21-12/h1-2,5-6,9H,3-4,7H2/t9-/m1/s1. The number of amides is 1. The van der Waals surface area contributed by atoms with Crippen molar-refractivity contribution in [1.82, 2.24) is 14.5 Å². The first-order valence-electron chi connectivity index (χ1n) is 6.32. The zero-order valence-corrected chi connectivity index (χ0v) is 13.2. The van der Waals surface area contributed by atoms with Crippen molar-refractivity contribution in [3.8, 4) is 5.75 Å². The third kappa shape index (κ3) is 3.28. The van der Waals surface area contributed by atoms with Gasteiger partial charge in [-0.15, -0.1) is 5.10 Å². The highest BCUT2D eigenvalue weighted by molar-refractivity contribution is 7.07. The van der Waals surface area contributed by atoms with E-state index in [1.807, 2.05) is 0 Å². The van der Waals surface area contributed by atoms with E-state index in [9.17, 15) is 4.79 Å². The van der Waals surface area contributed by atoms with Crippen LogP contribution in [0.2, 0.25) is 10.0 Å². The Labute approximate surface area is 135 Å². The minimum absolute atomic E-state index is 0.0490. The lowest BCUT2D eigenvalue weighted by Crippen LogP contribution is -2.30. The van der Waals surface area contributed by atoms with Gasteiger partial charge in [-0.25, -0.2) is 0 Å². The number of carbonyl (C=O) groups excluding carboxylic acids is 1. The van der Waals surface area contributed by atoms with Gasteiger partial charge in [-0.05, 0) is 23.7 Å². The van der Waals surface area contributed by atoms with Gasteiger partial charge in [0.25, 0.3) is 5.91 Å². The van der Waals surface area contributed by atoms with Crippen LogP contribution >= 0.6 is 34.7 Å². The molecule has 0 radical (unpaired) electrons. The molecule has 1 fully saturated rings. The molecule has 1 aromatic carbocycles. The van der Waals surface area contributed by atoms with Crippen LogP contribution in [0.4, 0.5) is 0 Å². The lowest BCUT2D eigenvalue weighted by Gasteiger charge is -2.16. The van der Waals surface area contributed by atoms with Gasteiger partial charge in [0.05, 0.1) is 22.8 Å². The van der Waals surface area contributed by atoms with Crippen molar-refractivity contribution in [2.75, 3.05) is 13.1 Å². The van der Waals surface area contributed by atoms with Gasteiger partial charge < -0.3 is 9.64 Å². The number of carbonyl (C=O) groups is 1. The van der Waals surface area contributed by atoms with Crippen LogP contribution in [0.1, 0.15) is 16.1 Å². The normalized spacial score (nSPS) is 18.0. The van der Waals surface area contributed by atoms with E-state index >= 15 is 0 Å². The number of hydrogen-bond acceptors (Lipinski definition) is 5. The van der Waals surface area contributed by atoms with Gasteiger partial charge in [0, 0.05) is 19.0 Å². The molecule has 1 atom stereocenters. The second-order valence-electron chi connectivity index (χ2n) is 4.64. The fraction of sp³-hybridized carbons (Fsp3) is 0.308. The lowest BCUT2D eigenvalue weighted by molar-refractivity contribution is 0.0777. The summed E-state index contributed by atoms with van der Waals surface area (Å²) in [7, 11) is 0. The van der Waals surface area contributed by atoms with E-state index in [0.29, 0.717) is 33.8 Å². The molecule has 21 heavy (non-hydrogen) atoms. The highest BCUT2D eigenvalue weighted by Gasteiger charge is 2.29. The Bertz CT molecular complexity index is 651. The van der Waals surface area contributed by atoms with Crippen LogP contribution in [-0.4, -0.2) is 39.6 Å². The average molecular weight is 344 g/mol. The van der Waals surface area contributed by atoms with E-state index in [0.717, 1.165) is 18.0 Å². The zero-order chi connectivity index (χ0) is 14.8. The second-order valence-corrected chi connectivity index (χ2v) is 6.24. The third-order valence-electron chi connectivity index (χ3n) is 3.20. The van der Waals surface area contributed by atoms with Crippen molar-refractivity contribution in [1.29, 1.82) is 0 Å². The minimum Gasteiger partial charge on any atom is -0.488 e. The van der Waals surface area contributed by atoms with Crippen molar-refractivity contribution in [2.24, 2.45) is 0 Å². The molecule has 0 spiro atoms. The molecule has 0 unspecified atom stereocenters. The largest absolute Gasteiger partial charge is 0.488 e. The van der Waals surface area contributed by atoms with Crippen LogP contribution in [0.25, 0.3) is 0 Å². The maximum absolute atomic E-state index is 12.2. The Kier molecular flexibility index (Phi) is 4.28. The molecule has 1 aromatic heterocycles. The van der Waals surface area contributed by atoms with Gasteiger partial charge in [0.1, 0.15) is 16.7 Å². The van der Waals surface area contributed by atoms with Crippen molar-refractivity contribution in [3.05, 3.63) is 39.3 Å². The van der Waals surface area contributed by atoms with Gasteiger partial charge in [-0.2, -0.15) is 0 Å². The molecule has 0 saturated carbocycles. The molecule has 1 saturated heterocycles. The van der Waals surface area contributed by atoms with Crippen LogP contribution in [-0.2, 0) is 0 Å². The fourth-order valence-corrected chi connectivity index (χ4v) is 2.94. The Hall–Kier alpha value is -1.37. The molecule has 0 bridgehead atoms. The molecule has 5 nitrogen and oxygen atoms in total. The van der Waals surface area contributed by atoms with Crippen LogP contribution in [0.15, 0.2) is 24.4 Å². The van der Waals surface area contributed by atoms with Gasteiger partial charge in [-0.1, -0.05) is 27.7 Å². The van der Waals surface area contributed by atoms with Gasteiger partial charge >= 0.3 is 0 Å². The molecule has 0 aliphatic carbocycles. The summed E-state index contributed by atoms with van der Waals surface area (Å²) in [6.45, 7) is 1.19. The Balaban J connectivity index is 1.62. The highest BCUT2D eigenvalue weighted by atomic mass is 35.5. The van der Waals surface area contributed by atoms with E-state index in [1.165, 1.54) is 6.20 Å². The third-order valence-corrected chi connectivity index (χ3v) is 4.59. The Morgan fingerprint density at radius 1 is 1.38 bits per heavy atom. The second kappa shape index (κ2) is 6.17. The molecular formula is C13H11Cl2N3O2S. The number of benzene rings is 1. The summed E-state index contributed by atoms with van der Waals surface area (Å²) in [5, 5.41) is 4.63. The summed E-state index contributed by atoms with van der Waals surface area (Å²) in [6, 6.07) is 5.15. The number of likely N-dealkylation sites (tertiary alicyclic amines) is 1. The Morgan fingerprint density at radius 2 is 2.24 bits per heavy atom. The Morgan fingerprint density at radius 3 is 2.95 bits per heavy atom. The summed E-state index contributed by atoms with van der Waals surface area (Å²) >= 11 is 12.9. The smallest absolute Gasteiger partial charge is 0.267 e. The zero-order valence-electron chi connectivity index (χ0n) is 10.8. The molecule has 1 aliphatic heterocycles. The number of halogens is 2. The molecule has 0 N–H and O–H groups in total. The van der Waals surface area contributed by atoms with Crippen LogP contribution in [0.3, 0.4) is 0 Å². The fourth-order valence-electron chi connectivity index (χ4n) is 2.17. The molecule has 110 valence electrons. The van der Waals surface area contributed by atoms with E-state index in [1.54, 1.807) is 23.1 Å². The van der Waals surface area contributed by atoms with Crippen LogP contribution in [0, 0.1) is 0 Å². The SMILES string of the molecule is O=C(c1cnns1)N1CC[C@@H](Oc2ccc(Cl)c(Cl)c2)C1. The number of hydrogen-bond donors (Lipinski definition) is 0. The maximum atomic E-state index is 12.2. The number of rotatable bonds is 3. The van der Waals surface area contributed by atoms with Crippen molar-refractivity contribution in [2.45, 2.75) is 12.5 Å². The van der Waals surface area contributed by atoms with E-state index in [2.05, 4.69) is 9.59 Å². The van der Waals surface area contributed by atoms with Crippen molar-refractivity contribution >= 4 is 40.6 Å². The summed E-state index contributed by atoms with van der Waals surface area (Å²) in [4.78, 5) is 14.5. The number of aromatic nitrogens is 2. The van der Waals surface area contributed by atoms with E-state index < -0.39 is 0 Å². The first-order valence-corrected chi connectivity index (χ1v) is 7.85. The van der Waals surface area contributed by atoms with E-state index in [-0.39, 0.29) is 12.0 Å². The maximum Gasteiger partial charge on any atom is 0.267 e. The number of nitrogens with zero attached hydrogens (tertiary/aromatic N) is 3. The minimum atomic E-state index is -0.0507. The highest BCUT2D eigenvalue weighted by Crippen LogP contribution is 2.28. The molecule has 1 amide bonds. The average Bonchev–Trinajstić information content (AvgIpc) is 3.13. The first-order chi connectivity index (χ1) is 10.1. The quantitative estimate of drug-likeness (QED) is 0.858. The van der Waals surface area contributed by atoms with Crippen LogP contribution in [0.5, 0.6) is 5.75 Å².